The SMILES string of the molecule is CCOC1CC(NCCN(C)C)C1OC. The highest BCUT2D eigenvalue weighted by Gasteiger charge is 2.41. The maximum absolute atomic E-state index is 5.56. The van der Waals surface area contributed by atoms with Crippen LogP contribution in [0.25, 0.3) is 0 Å². The lowest BCUT2D eigenvalue weighted by molar-refractivity contribution is -0.131. The molecule has 0 radical (unpaired) electrons. The van der Waals surface area contributed by atoms with Crippen LogP contribution in [0.1, 0.15) is 13.3 Å². The second-order valence-electron chi connectivity index (χ2n) is 4.29. The van der Waals surface area contributed by atoms with E-state index in [1.54, 1.807) is 7.11 Å². The van der Waals surface area contributed by atoms with E-state index in [0.717, 1.165) is 26.1 Å². The molecule has 1 saturated carbocycles. The monoisotopic (exact) mass is 216 g/mol. The van der Waals surface area contributed by atoms with Gasteiger partial charge in [0.2, 0.25) is 0 Å². The van der Waals surface area contributed by atoms with Crippen LogP contribution in [0, 0.1) is 0 Å². The summed E-state index contributed by atoms with van der Waals surface area (Å²) < 4.78 is 11.0. The number of hydrogen-bond donors (Lipinski definition) is 1. The van der Waals surface area contributed by atoms with Crippen molar-refractivity contribution in [3.63, 3.8) is 0 Å². The molecule has 0 aromatic heterocycles. The van der Waals surface area contributed by atoms with Crippen LogP contribution >= 0.6 is 0 Å². The third-order valence-corrected chi connectivity index (χ3v) is 2.87. The van der Waals surface area contributed by atoms with Crippen LogP contribution in [0.15, 0.2) is 0 Å². The molecule has 0 amide bonds. The molecule has 15 heavy (non-hydrogen) atoms. The number of ether oxygens (including phenoxy) is 2. The molecular formula is C11H24N2O2. The minimum absolute atomic E-state index is 0.229. The summed E-state index contributed by atoms with van der Waals surface area (Å²) in [4.78, 5) is 2.17. The number of methoxy groups -OCH3 is 1. The smallest absolute Gasteiger partial charge is 0.0986 e. The van der Waals surface area contributed by atoms with Gasteiger partial charge in [0.15, 0.2) is 0 Å². The Morgan fingerprint density at radius 3 is 2.67 bits per heavy atom. The molecule has 0 aliphatic heterocycles. The van der Waals surface area contributed by atoms with Crippen LogP contribution < -0.4 is 5.32 Å². The molecule has 90 valence electrons. The van der Waals surface area contributed by atoms with E-state index < -0.39 is 0 Å². The predicted molar refractivity (Wildman–Crippen MR) is 61.2 cm³/mol. The molecule has 1 aliphatic rings. The zero-order chi connectivity index (χ0) is 11.3. The van der Waals surface area contributed by atoms with E-state index in [2.05, 4.69) is 24.3 Å². The van der Waals surface area contributed by atoms with Gasteiger partial charge in [0.1, 0.15) is 0 Å². The van der Waals surface area contributed by atoms with Crippen LogP contribution in [0.4, 0.5) is 0 Å². The van der Waals surface area contributed by atoms with E-state index in [1.165, 1.54) is 0 Å². The molecule has 4 heteroatoms. The number of rotatable bonds is 7. The van der Waals surface area contributed by atoms with Crippen LogP contribution in [0.5, 0.6) is 0 Å². The largest absolute Gasteiger partial charge is 0.377 e. The number of hydrogen-bond acceptors (Lipinski definition) is 4. The summed E-state index contributed by atoms with van der Waals surface area (Å²) in [5.41, 5.74) is 0. The Balaban J connectivity index is 2.16. The fourth-order valence-corrected chi connectivity index (χ4v) is 1.95. The lowest BCUT2D eigenvalue weighted by Gasteiger charge is -2.43. The normalized spacial score (nSPS) is 30.6. The first-order valence-electron chi connectivity index (χ1n) is 5.71. The molecule has 0 bridgehead atoms. The Bertz CT molecular complexity index is 176. The molecule has 3 atom stereocenters. The van der Waals surface area contributed by atoms with Crippen molar-refractivity contribution in [1.82, 2.24) is 10.2 Å². The molecular weight excluding hydrogens is 192 g/mol. The topological polar surface area (TPSA) is 33.7 Å². The summed E-state index contributed by atoms with van der Waals surface area (Å²) in [5.74, 6) is 0. The Morgan fingerprint density at radius 2 is 2.13 bits per heavy atom. The van der Waals surface area contributed by atoms with Crippen LogP contribution in [0.2, 0.25) is 0 Å². The van der Waals surface area contributed by atoms with Crippen molar-refractivity contribution in [3.05, 3.63) is 0 Å². The Hall–Kier alpha value is -0.160. The van der Waals surface area contributed by atoms with E-state index in [9.17, 15) is 0 Å². The molecule has 1 rings (SSSR count). The molecule has 3 unspecified atom stereocenters. The van der Waals surface area contributed by atoms with Gasteiger partial charge in [-0.3, -0.25) is 0 Å². The number of nitrogens with zero attached hydrogens (tertiary/aromatic N) is 1. The quantitative estimate of drug-likeness (QED) is 0.665. The molecule has 0 saturated heterocycles. The van der Waals surface area contributed by atoms with Crippen molar-refractivity contribution in [1.29, 1.82) is 0 Å². The fraction of sp³-hybridized carbons (Fsp3) is 1.00. The maximum Gasteiger partial charge on any atom is 0.0986 e. The van der Waals surface area contributed by atoms with Gasteiger partial charge in [0.05, 0.1) is 12.2 Å². The highest BCUT2D eigenvalue weighted by atomic mass is 16.5. The molecule has 0 heterocycles. The van der Waals surface area contributed by atoms with E-state index in [4.69, 9.17) is 9.47 Å². The molecule has 0 spiro atoms. The van der Waals surface area contributed by atoms with Gasteiger partial charge in [0, 0.05) is 32.8 Å². The molecule has 1 fully saturated rings. The average Bonchev–Trinajstić information content (AvgIpc) is 2.15. The molecule has 0 aromatic carbocycles. The minimum Gasteiger partial charge on any atom is -0.377 e. The molecule has 1 aliphatic carbocycles. The van der Waals surface area contributed by atoms with Crippen LogP contribution in [-0.4, -0.2) is 64.1 Å². The number of nitrogens with one attached hydrogen (secondary N) is 1. The van der Waals surface area contributed by atoms with E-state index in [1.807, 2.05) is 6.92 Å². The third kappa shape index (κ3) is 3.72. The Kier molecular flexibility index (Phi) is 5.53. The van der Waals surface area contributed by atoms with Gasteiger partial charge in [0.25, 0.3) is 0 Å². The maximum atomic E-state index is 5.56. The summed E-state index contributed by atoms with van der Waals surface area (Å²) in [5, 5.41) is 3.49. The standard InChI is InChI=1S/C11H24N2O2/c1-5-15-10-8-9(11(10)14-4)12-6-7-13(2)3/h9-12H,5-8H2,1-4H3. The van der Waals surface area contributed by atoms with E-state index >= 15 is 0 Å². The highest BCUT2D eigenvalue weighted by molar-refractivity contribution is 4.97. The predicted octanol–water partition coefficient (Wildman–Crippen LogP) is 0.330. The zero-order valence-corrected chi connectivity index (χ0v) is 10.3. The van der Waals surface area contributed by atoms with Crippen LogP contribution in [-0.2, 0) is 9.47 Å². The lowest BCUT2D eigenvalue weighted by Crippen LogP contribution is -2.60. The zero-order valence-electron chi connectivity index (χ0n) is 10.3. The number of likely N-dealkylation sites (N-methyl/N-ethyl adjacent to an activating group) is 1. The summed E-state index contributed by atoms with van der Waals surface area (Å²) >= 11 is 0. The van der Waals surface area contributed by atoms with Gasteiger partial charge in [-0.2, -0.15) is 0 Å². The first-order valence-corrected chi connectivity index (χ1v) is 5.71. The minimum atomic E-state index is 0.229. The van der Waals surface area contributed by atoms with Gasteiger partial charge in [-0.25, -0.2) is 0 Å². The molecule has 1 N–H and O–H groups in total. The van der Waals surface area contributed by atoms with Crippen molar-refractivity contribution < 1.29 is 9.47 Å². The summed E-state index contributed by atoms with van der Waals surface area (Å²) in [6.07, 6.45) is 1.59. The van der Waals surface area contributed by atoms with Gasteiger partial charge in [-0.05, 0) is 27.4 Å². The average molecular weight is 216 g/mol. The highest BCUT2D eigenvalue weighted by Crippen LogP contribution is 2.26. The van der Waals surface area contributed by atoms with E-state index in [0.29, 0.717) is 6.04 Å². The lowest BCUT2D eigenvalue weighted by atomic mass is 9.85. The first kappa shape index (κ1) is 12.9. The second kappa shape index (κ2) is 6.43. The Morgan fingerprint density at radius 1 is 1.40 bits per heavy atom. The van der Waals surface area contributed by atoms with Gasteiger partial charge in [-0.15, -0.1) is 0 Å². The Labute approximate surface area is 92.9 Å². The van der Waals surface area contributed by atoms with Gasteiger partial charge < -0.3 is 19.7 Å². The van der Waals surface area contributed by atoms with Crippen molar-refractivity contribution in [2.24, 2.45) is 0 Å². The summed E-state index contributed by atoms with van der Waals surface area (Å²) in [6.45, 7) is 4.87. The summed E-state index contributed by atoms with van der Waals surface area (Å²) in [7, 11) is 5.93. The van der Waals surface area contributed by atoms with Crippen molar-refractivity contribution in [3.8, 4) is 0 Å². The van der Waals surface area contributed by atoms with Crippen LogP contribution in [0.3, 0.4) is 0 Å². The third-order valence-electron chi connectivity index (χ3n) is 2.87. The van der Waals surface area contributed by atoms with Crippen molar-refractivity contribution in [2.45, 2.75) is 31.6 Å². The van der Waals surface area contributed by atoms with Crippen molar-refractivity contribution >= 4 is 0 Å². The van der Waals surface area contributed by atoms with Gasteiger partial charge >= 0.3 is 0 Å². The molecule has 0 aromatic rings. The fourth-order valence-electron chi connectivity index (χ4n) is 1.95. The second-order valence-corrected chi connectivity index (χ2v) is 4.29. The first-order chi connectivity index (χ1) is 7.19. The van der Waals surface area contributed by atoms with Gasteiger partial charge in [-0.1, -0.05) is 0 Å². The summed E-state index contributed by atoms with van der Waals surface area (Å²) in [6, 6.07) is 0.464. The van der Waals surface area contributed by atoms with Crippen molar-refractivity contribution in [2.75, 3.05) is 40.9 Å². The molecule has 4 nitrogen and oxygen atoms in total. The van der Waals surface area contributed by atoms with E-state index in [-0.39, 0.29) is 12.2 Å².